The van der Waals surface area contributed by atoms with Gasteiger partial charge in [-0.2, -0.15) is 21.4 Å². The number of aromatic nitrogens is 1. The van der Waals surface area contributed by atoms with E-state index < -0.39 is 20.2 Å². The first kappa shape index (κ1) is 49.3. The first-order chi connectivity index (χ1) is 27.2. The number of nitrogens with zero attached hydrogens (tertiary/aromatic N) is 3. The van der Waals surface area contributed by atoms with Crippen LogP contribution in [0.5, 0.6) is 0 Å². The zero-order valence-electron chi connectivity index (χ0n) is 34.8. The topological polar surface area (TPSA) is 151 Å². The summed E-state index contributed by atoms with van der Waals surface area (Å²) in [6.45, 7) is 15.7. The molecule has 1 aliphatic heterocycles. The second-order valence-electron chi connectivity index (χ2n) is 14.6. The number of anilines is 1. The monoisotopic (exact) mass is 874 g/mol. The van der Waals surface area contributed by atoms with Crippen molar-refractivity contribution in [1.29, 1.82) is 0 Å². The molecular weight excluding hydrogens is 811 g/mol. The number of fused-ring (bicyclic) bond motifs is 2. The van der Waals surface area contributed by atoms with Gasteiger partial charge in [-0.15, -0.1) is 0 Å². The van der Waals surface area contributed by atoms with Gasteiger partial charge in [0.25, 0.3) is 25.2 Å². The lowest BCUT2D eigenvalue weighted by Gasteiger charge is -2.21. The van der Waals surface area contributed by atoms with Crippen LogP contribution in [0.3, 0.4) is 0 Å². The van der Waals surface area contributed by atoms with Gasteiger partial charge >= 0.3 is 0 Å². The van der Waals surface area contributed by atoms with Crippen LogP contribution in [0, 0.1) is 6.92 Å². The maximum Gasteiger partial charge on any atom is 0.265 e. The number of benzene rings is 3. The van der Waals surface area contributed by atoms with Crippen LogP contribution in [0.25, 0.3) is 27.4 Å². The fourth-order valence-corrected chi connectivity index (χ4v) is 9.93. The number of thiazole rings is 1. The second-order valence-corrected chi connectivity index (χ2v) is 19.9. The summed E-state index contributed by atoms with van der Waals surface area (Å²) in [6, 6.07) is 22.6. The van der Waals surface area contributed by atoms with Crippen molar-refractivity contribution >= 4 is 65.3 Å². The van der Waals surface area contributed by atoms with Crippen molar-refractivity contribution in [2.75, 3.05) is 42.6 Å². The highest BCUT2D eigenvalue weighted by Crippen LogP contribution is 2.47. The fraction of sp³-hybridized carbons (Fsp3) is 0.477. The molecule has 1 aliphatic rings. The molecule has 58 heavy (non-hydrogen) atoms. The molecule has 10 nitrogen and oxygen atoms in total. The fourth-order valence-electron chi connectivity index (χ4n) is 6.65. The Labute approximate surface area is 355 Å². The molecule has 4 N–H and O–H groups in total. The van der Waals surface area contributed by atoms with Crippen molar-refractivity contribution in [1.82, 2.24) is 4.90 Å². The third-order valence-electron chi connectivity index (χ3n) is 9.80. The van der Waals surface area contributed by atoms with Gasteiger partial charge in [0.2, 0.25) is 5.52 Å². The minimum Gasteiger partial charge on any atom is -0.412 e. The molecule has 0 amide bonds. The van der Waals surface area contributed by atoms with E-state index in [4.69, 9.17) is 0 Å². The molecule has 0 spiro atoms. The van der Waals surface area contributed by atoms with E-state index >= 15 is 0 Å². The molecule has 0 bridgehead atoms. The molecule has 3 aromatic carbocycles. The molecule has 0 radical (unpaired) electrons. The average molecular weight is 875 g/mol. The van der Waals surface area contributed by atoms with E-state index in [1.54, 1.807) is 23.1 Å². The molecule has 14 heteroatoms. The van der Waals surface area contributed by atoms with Crippen molar-refractivity contribution in [3.05, 3.63) is 94.0 Å². The molecule has 2 heterocycles. The molecule has 0 atom stereocenters. The molecule has 0 saturated carbocycles. The highest BCUT2D eigenvalue weighted by Gasteiger charge is 2.26. The lowest BCUT2D eigenvalue weighted by Crippen LogP contribution is -2.36. The largest absolute Gasteiger partial charge is 0.412 e. The van der Waals surface area contributed by atoms with E-state index in [2.05, 4.69) is 103 Å². The Kier molecular flexibility index (Phi) is 20.6. The maximum atomic E-state index is 11.5. The second kappa shape index (κ2) is 24.2. The Morgan fingerprint density at radius 3 is 1.98 bits per heavy atom. The van der Waals surface area contributed by atoms with E-state index in [0.717, 1.165) is 59.5 Å². The van der Waals surface area contributed by atoms with Crippen molar-refractivity contribution in [2.24, 2.45) is 0 Å². The summed E-state index contributed by atoms with van der Waals surface area (Å²) in [7, 11) is -8.15. The average Bonchev–Trinajstić information content (AvgIpc) is 3.69. The van der Waals surface area contributed by atoms with Crippen LogP contribution in [0.2, 0.25) is 0 Å². The smallest absolute Gasteiger partial charge is 0.265 e. The van der Waals surface area contributed by atoms with Gasteiger partial charge < -0.3 is 15.3 Å². The molecule has 1 aromatic heterocycles. The van der Waals surface area contributed by atoms with E-state index in [1.165, 1.54) is 58.2 Å². The Morgan fingerprint density at radius 1 is 0.776 bits per heavy atom. The summed E-state index contributed by atoms with van der Waals surface area (Å²) >= 11 is 3.25. The molecule has 4 aromatic rings. The number of allylic oxidation sites excluding steroid dienone is 2. The Bertz CT molecular complexity index is 2150. The molecule has 320 valence electrons. The lowest BCUT2D eigenvalue weighted by atomic mass is 10.1. The highest BCUT2D eigenvalue weighted by molar-refractivity contribution is 8.03. The summed E-state index contributed by atoms with van der Waals surface area (Å²) in [5, 5.41) is 1.93. The van der Waals surface area contributed by atoms with Gasteiger partial charge in [0, 0.05) is 30.0 Å². The van der Waals surface area contributed by atoms with Crippen LogP contribution in [0.15, 0.2) is 88.3 Å². The van der Waals surface area contributed by atoms with Crippen LogP contribution in [0.1, 0.15) is 96.1 Å². The molecule has 5 rings (SSSR count). The number of aryl methyl sites for hydroxylation is 2. The van der Waals surface area contributed by atoms with Gasteiger partial charge in [-0.1, -0.05) is 113 Å². The first-order valence-electron chi connectivity index (χ1n) is 20.4. The van der Waals surface area contributed by atoms with Crippen LogP contribution in [-0.4, -0.2) is 74.0 Å². The van der Waals surface area contributed by atoms with E-state index in [-0.39, 0.29) is 29.8 Å². The summed E-state index contributed by atoms with van der Waals surface area (Å²) in [6.07, 6.45) is 13.6. The van der Waals surface area contributed by atoms with Crippen molar-refractivity contribution < 1.29 is 36.0 Å². The van der Waals surface area contributed by atoms with Crippen molar-refractivity contribution in [3.63, 3.8) is 0 Å². The van der Waals surface area contributed by atoms with Gasteiger partial charge in [0.05, 0.1) is 22.2 Å². The Balaban J connectivity index is 0.000000554. The third kappa shape index (κ3) is 15.8. The summed E-state index contributed by atoms with van der Waals surface area (Å²) in [5.74, 6) is -0.633. The zero-order chi connectivity index (χ0) is 41.4. The van der Waals surface area contributed by atoms with E-state index in [9.17, 15) is 25.9 Å². The van der Waals surface area contributed by atoms with Crippen molar-refractivity contribution in [3.8, 4) is 11.1 Å². The van der Waals surface area contributed by atoms with Gasteiger partial charge in [-0.05, 0) is 105 Å². The molecule has 0 unspecified atom stereocenters. The molecule has 0 saturated heterocycles. The lowest BCUT2D eigenvalue weighted by molar-refractivity contribution is -0.668. The summed E-state index contributed by atoms with van der Waals surface area (Å²) < 4.78 is 67.7. The van der Waals surface area contributed by atoms with Gasteiger partial charge in [-0.25, -0.2) is 0 Å². The predicted octanol–water partition coefficient (Wildman–Crippen LogP) is 9.83. The normalized spacial score (nSPS) is 13.8. The third-order valence-corrected chi connectivity index (χ3v) is 13.6. The van der Waals surface area contributed by atoms with Crippen LogP contribution in [0.4, 0.5) is 5.69 Å². The minimum atomic E-state index is -4.09. The van der Waals surface area contributed by atoms with E-state index in [0.29, 0.717) is 13.1 Å². The SMILES string of the molecule is CCC(=C\c1sc2ccc(-c3ccccc3)cc2[n+]1CCCS(=O)(=O)O)/C=C1/Sc2ccc(C)cc2N1CCCS(=O)(=O)O.CCCCN(CCCC)CCCC.O. The van der Waals surface area contributed by atoms with Gasteiger partial charge in [0.1, 0.15) is 4.70 Å². The van der Waals surface area contributed by atoms with Gasteiger partial charge in [0.15, 0.2) is 6.54 Å². The molecular formula is C44H64N3O7S4+. The summed E-state index contributed by atoms with van der Waals surface area (Å²) in [4.78, 5) is 5.83. The number of hydrogen-bond donors (Lipinski definition) is 2. The maximum absolute atomic E-state index is 11.5. The van der Waals surface area contributed by atoms with Crippen LogP contribution in [-0.2, 0) is 26.8 Å². The Hall–Kier alpha value is -3.08. The highest BCUT2D eigenvalue weighted by atomic mass is 32.2. The summed E-state index contributed by atoms with van der Waals surface area (Å²) in [5.41, 5.74) is 6.30. The number of thioether (sulfide) groups is 1. The molecule has 0 aliphatic carbocycles. The predicted molar refractivity (Wildman–Crippen MR) is 245 cm³/mol. The van der Waals surface area contributed by atoms with Crippen LogP contribution >= 0.6 is 23.1 Å². The van der Waals surface area contributed by atoms with E-state index in [1.807, 2.05) is 25.1 Å². The van der Waals surface area contributed by atoms with Gasteiger partial charge in [-0.3, -0.25) is 9.11 Å². The number of hydrogen-bond acceptors (Lipinski definition) is 8. The quantitative estimate of drug-likeness (QED) is 0.0616. The number of rotatable bonds is 21. The zero-order valence-corrected chi connectivity index (χ0v) is 38.1. The molecule has 0 fully saturated rings. The van der Waals surface area contributed by atoms with Crippen LogP contribution < -0.4 is 9.47 Å². The number of unbranched alkanes of at least 4 members (excludes halogenated alkanes) is 3. The standard InChI is InChI=1S/C32H34N2O6S4.C12H27N.H2O/c1-3-24(20-31-33(15-7-17-43(35,36)37)27-19-23(2)11-13-29(27)41-31)21-32-34(16-8-18-44(38,39)40)28-22-26(12-14-30(28)42-32)25-9-5-4-6-10-25;1-4-7-10-13(11-8-5-2)12-9-6-3;/h4-6,9-14,19-22H,3,7-8,15-18H2,1-2H3,(H-,35,36,37,38,39,40);4-12H2,1-3H3;1H2/p+1. The Morgan fingerprint density at radius 2 is 1.40 bits per heavy atom. The minimum absolute atomic E-state index is 0. The van der Waals surface area contributed by atoms with Crippen molar-refractivity contribution in [2.45, 2.75) is 104 Å². The first-order valence-corrected chi connectivity index (χ1v) is 25.2.